The maximum absolute atomic E-state index is 12.8. The van der Waals surface area contributed by atoms with Crippen LogP contribution in [0.15, 0.2) is 53.4 Å². The fourth-order valence-electron chi connectivity index (χ4n) is 3.29. The number of hydrogen-bond acceptors (Lipinski definition) is 4. The topological polar surface area (TPSA) is 49.9 Å². The van der Waals surface area contributed by atoms with Gasteiger partial charge in [0.15, 0.2) is 0 Å². The van der Waals surface area contributed by atoms with Crippen LogP contribution >= 0.6 is 0 Å². The molecule has 0 bridgehead atoms. The molecule has 1 fully saturated rings. The van der Waals surface area contributed by atoms with E-state index in [-0.39, 0.29) is 0 Å². The van der Waals surface area contributed by atoms with E-state index >= 15 is 0 Å². The Kier molecular flexibility index (Phi) is 6.75. The zero-order valence-corrected chi connectivity index (χ0v) is 17.8. The van der Waals surface area contributed by atoms with Crippen LogP contribution in [-0.4, -0.2) is 57.0 Å². The highest BCUT2D eigenvalue weighted by Crippen LogP contribution is 2.20. The summed E-state index contributed by atoms with van der Waals surface area (Å²) in [6, 6.07) is 15.3. The highest BCUT2D eigenvalue weighted by Gasteiger charge is 2.28. The van der Waals surface area contributed by atoms with E-state index in [1.54, 1.807) is 16.4 Å². The highest BCUT2D eigenvalue weighted by atomic mass is 32.2. The summed E-state index contributed by atoms with van der Waals surface area (Å²) in [5, 5.41) is 0. The maximum atomic E-state index is 12.8. The molecule has 1 saturated heterocycles. The lowest BCUT2D eigenvalue weighted by atomic mass is 10.0. The van der Waals surface area contributed by atoms with E-state index < -0.39 is 10.0 Å². The molecular weight excluding hydrogens is 372 g/mol. The summed E-state index contributed by atoms with van der Waals surface area (Å²) in [4.78, 5) is 2.63. The van der Waals surface area contributed by atoms with Gasteiger partial charge in [0.25, 0.3) is 0 Å². The summed E-state index contributed by atoms with van der Waals surface area (Å²) >= 11 is 0. The minimum absolute atomic E-state index is 0.375. The molecule has 2 aromatic rings. The Morgan fingerprint density at radius 3 is 2.11 bits per heavy atom. The van der Waals surface area contributed by atoms with E-state index in [1.807, 2.05) is 31.2 Å². The van der Waals surface area contributed by atoms with Crippen molar-refractivity contribution in [2.75, 3.05) is 39.3 Å². The van der Waals surface area contributed by atoms with Gasteiger partial charge < -0.3 is 4.74 Å². The smallest absolute Gasteiger partial charge is 0.243 e. The molecule has 1 aliphatic heterocycles. The fourth-order valence-corrected chi connectivity index (χ4v) is 4.72. The zero-order chi connectivity index (χ0) is 20.1. The quantitative estimate of drug-likeness (QED) is 0.711. The van der Waals surface area contributed by atoms with E-state index in [4.69, 9.17) is 4.74 Å². The van der Waals surface area contributed by atoms with Crippen molar-refractivity contribution >= 4 is 10.0 Å². The second-order valence-corrected chi connectivity index (χ2v) is 9.57. The van der Waals surface area contributed by atoms with Crippen molar-refractivity contribution in [2.45, 2.75) is 31.6 Å². The molecule has 0 spiro atoms. The maximum Gasteiger partial charge on any atom is 0.243 e. The van der Waals surface area contributed by atoms with Crippen LogP contribution in [0.2, 0.25) is 0 Å². The van der Waals surface area contributed by atoms with Crippen molar-refractivity contribution in [3.05, 3.63) is 59.7 Å². The minimum Gasteiger partial charge on any atom is -0.492 e. The SMILES string of the molecule is Cc1ccc(S(=O)(=O)N2CCN(CCOc3ccc(C(C)C)cc3)CC2)cc1. The molecule has 6 heteroatoms. The zero-order valence-electron chi connectivity index (χ0n) is 17.0. The Hall–Kier alpha value is -1.89. The molecule has 2 aromatic carbocycles. The molecule has 3 rings (SSSR count). The molecule has 152 valence electrons. The summed E-state index contributed by atoms with van der Waals surface area (Å²) < 4.78 is 33.0. The van der Waals surface area contributed by atoms with Crippen molar-refractivity contribution in [1.29, 1.82) is 0 Å². The molecule has 28 heavy (non-hydrogen) atoms. The van der Waals surface area contributed by atoms with Gasteiger partial charge in [-0.2, -0.15) is 4.31 Å². The predicted octanol–water partition coefficient (Wildman–Crippen LogP) is 3.50. The Bertz CT molecular complexity index is 854. The first-order chi connectivity index (χ1) is 13.4. The molecule has 0 amide bonds. The molecule has 0 radical (unpaired) electrons. The lowest BCUT2D eigenvalue weighted by Crippen LogP contribution is -2.49. The summed E-state index contributed by atoms with van der Waals surface area (Å²) in [5.41, 5.74) is 2.36. The van der Waals surface area contributed by atoms with Crippen molar-refractivity contribution in [3.8, 4) is 5.75 Å². The lowest BCUT2D eigenvalue weighted by Gasteiger charge is -2.33. The summed E-state index contributed by atoms with van der Waals surface area (Å²) in [6.45, 7) is 10.2. The van der Waals surface area contributed by atoms with Crippen LogP contribution in [0, 0.1) is 6.92 Å². The van der Waals surface area contributed by atoms with Crippen LogP contribution in [0.5, 0.6) is 5.75 Å². The molecule has 1 aliphatic rings. The van der Waals surface area contributed by atoms with E-state index in [2.05, 4.69) is 30.9 Å². The second-order valence-electron chi connectivity index (χ2n) is 7.63. The number of benzene rings is 2. The molecule has 0 aromatic heterocycles. The standard InChI is InChI=1S/C22H30N2O3S/c1-18(2)20-6-8-21(9-7-20)27-17-16-23-12-14-24(15-13-23)28(25,26)22-10-4-19(3)5-11-22/h4-11,18H,12-17H2,1-3H3. The molecule has 5 nitrogen and oxygen atoms in total. The molecule has 1 heterocycles. The predicted molar refractivity (Wildman–Crippen MR) is 112 cm³/mol. The van der Waals surface area contributed by atoms with Crippen molar-refractivity contribution < 1.29 is 13.2 Å². The molecule has 0 N–H and O–H groups in total. The molecule has 0 unspecified atom stereocenters. The lowest BCUT2D eigenvalue weighted by molar-refractivity contribution is 0.159. The number of nitrogens with zero attached hydrogens (tertiary/aromatic N) is 2. The first-order valence-corrected chi connectivity index (χ1v) is 11.3. The van der Waals surface area contributed by atoms with Crippen molar-refractivity contribution in [3.63, 3.8) is 0 Å². The third-order valence-corrected chi connectivity index (χ3v) is 7.13. The van der Waals surface area contributed by atoms with Gasteiger partial charge in [-0.15, -0.1) is 0 Å². The van der Waals surface area contributed by atoms with Crippen LogP contribution in [-0.2, 0) is 10.0 Å². The Balaban J connectivity index is 1.45. The van der Waals surface area contributed by atoms with Gasteiger partial charge in [0, 0.05) is 32.7 Å². The first-order valence-electron chi connectivity index (χ1n) is 9.88. The third kappa shape index (κ3) is 5.13. The van der Waals surface area contributed by atoms with Gasteiger partial charge in [-0.3, -0.25) is 4.90 Å². The van der Waals surface area contributed by atoms with Gasteiger partial charge in [0.1, 0.15) is 12.4 Å². The van der Waals surface area contributed by atoms with E-state index in [0.29, 0.717) is 30.5 Å². The highest BCUT2D eigenvalue weighted by molar-refractivity contribution is 7.89. The number of ether oxygens (including phenoxy) is 1. The normalized spacial score (nSPS) is 16.4. The van der Waals surface area contributed by atoms with Gasteiger partial charge in [-0.1, -0.05) is 43.7 Å². The monoisotopic (exact) mass is 402 g/mol. The fraction of sp³-hybridized carbons (Fsp3) is 0.455. The third-order valence-electron chi connectivity index (χ3n) is 5.21. The second kappa shape index (κ2) is 9.07. The van der Waals surface area contributed by atoms with E-state index in [9.17, 15) is 8.42 Å². The first kappa shape index (κ1) is 20.8. The Labute approximate surface area is 169 Å². The van der Waals surface area contributed by atoms with Crippen LogP contribution in [0.25, 0.3) is 0 Å². The summed E-state index contributed by atoms with van der Waals surface area (Å²) in [5.74, 6) is 1.39. The molecule has 0 aliphatic carbocycles. The van der Waals surface area contributed by atoms with Gasteiger partial charge in [-0.05, 0) is 42.7 Å². The van der Waals surface area contributed by atoms with Gasteiger partial charge in [0.05, 0.1) is 4.90 Å². The van der Waals surface area contributed by atoms with E-state index in [0.717, 1.165) is 30.9 Å². The van der Waals surface area contributed by atoms with Gasteiger partial charge in [-0.25, -0.2) is 8.42 Å². The van der Waals surface area contributed by atoms with Gasteiger partial charge in [0.2, 0.25) is 10.0 Å². The van der Waals surface area contributed by atoms with Crippen LogP contribution in [0.3, 0.4) is 0 Å². The number of sulfonamides is 1. The van der Waals surface area contributed by atoms with Gasteiger partial charge >= 0.3 is 0 Å². The Morgan fingerprint density at radius 1 is 0.929 bits per heavy atom. The van der Waals surface area contributed by atoms with Crippen LogP contribution < -0.4 is 4.74 Å². The van der Waals surface area contributed by atoms with Crippen molar-refractivity contribution in [2.24, 2.45) is 0 Å². The number of aryl methyl sites for hydroxylation is 1. The largest absolute Gasteiger partial charge is 0.492 e. The van der Waals surface area contributed by atoms with Crippen LogP contribution in [0.1, 0.15) is 30.9 Å². The summed E-state index contributed by atoms with van der Waals surface area (Å²) in [6.07, 6.45) is 0. The number of rotatable bonds is 7. The molecule has 0 saturated carbocycles. The minimum atomic E-state index is -3.40. The number of hydrogen-bond donors (Lipinski definition) is 0. The average Bonchev–Trinajstić information content (AvgIpc) is 2.69. The molecular formula is C22H30N2O3S. The molecule has 0 atom stereocenters. The average molecular weight is 403 g/mol. The van der Waals surface area contributed by atoms with E-state index in [1.165, 1.54) is 5.56 Å². The Morgan fingerprint density at radius 2 is 1.54 bits per heavy atom. The number of piperazine rings is 1. The summed E-state index contributed by atoms with van der Waals surface area (Å²) in [7, 11) is -3.40. The van der Waals surface area contributed by atoms with Crippen molar-refractivity contribution in [1.82, 2.24) is 9.21 Å². The van der Waals surface area contributed by atoms with Crippen LogP contribution in [0.4, 0.5) is 0 Å².